The van der Waals surface area contributed by atoms with Crippen LogP contribution in [0.4, 0.5) is 11.4 Å². The molecule has 0 aliphatic rings. The number of ether oxygens (including phenoxy) is 2. The van der Waals surface area contributed by atoms with Crippen molar-refractivity contribution >= 4 is 27.3 Å². The van der Waals surface area contributed by atoms with Gasteiger partial charge in [-0.2, -0.15) is 0 Å². The number of carbonyl (C=O) groups excluding carboxylic acids is 1. The van der Waals surface area contributed by atoms with E-state index in [-0.39, 0.29) is 10.8 Å². The molecular weight excluding hydrogens is 404 g/mol. The van der Waals surface area contributed by atoms with Crippen LogP contribution in [0.5, 0.6) is 11.5 Å². The highest BCUT2D eigenvalue weighted by Crippen LogP contribution is 2.20. The summed E-state index contributed by atoms with van der Waals surface area (Å²) in [6.07, 6.45) is -0.749. The van der Waals surface area contributed by atoms with Gasteiger partial charge >= 0.3 is 0 Å². The van der Waals surface area contributed by atoms with Gasteiger partial charge in [0.15, 0.2) is 6.10 Å². The summed E-state index contributed by atoms with van der Waals surface area (Å²) >= 11 is 0. The molecule has 0 spiro atoms. The molecule has 0 aliphatic carbocycles. The van der Waals surface area contributed by atoms with Crippen LogP contribution in [0.25, 0.3) is 0 Å². The molecule has 3 aromatic rings. The number of methoxy groups -OCH3 is 1. The van der Waals surface area contributed by atoms with Crippen molar-refractivity contribution in [3.63, 3.8) is 0 Å². The Morgan fingerprint density at radius 2 is 1.43 bits per heavy atom. The first kappa shape index (κ1) is 21.2. The Labute approximate surface area is 175 Å². The smallest absolute Gasteiger partial charge is 0.265 e. The van der Waals surface area contributed by atoms with E-state index in [1.165, 1.54) is 24.3 Å². The normalized spacial score (nSPS) is 11.9. The highest BCUT2D eigenvalue weighted by molar-refractivity contribution is 7.92. The average molecular weight is 426 g/mol. The molecule has 1 unspecified atom stereocenters. The van der Waals surface area contributed by atoms with E-state index in [1.807, 2.05) is 0 Å². The summed E-state index contributed by atoms with van der Waals surface area (Å²) in [5.74, 6) is 0.868. The highest BCUT2D eigenvalue weighted by atomic mass is 32.2. The van der Waals surface area contributed by atoms with Crippen molar-refractivity contribution in [1.29, 1.82) is 0 Å². The molecule has 0 radical (unpaired) electrons. The third-order valence-corrected chi connectivity index (χ3v) is 5.60. The highest BCUT2D eigenvalue weighted by Gasteiger charge is 2.17. The Hall–Kier alpha value is -3.52. The van der Waals surface area contributed by atoms with E-state index in [0.717, 1.165) is 0 Å². The van der Waals surface area contributed by atoms with Crippen LogP contribution < -0.4 is 19.5 Å². The van der Waals surface area contributed by atoms with Crippen molar-refractivity contribution in [3.05, 3.63) is 78.9 Å². The molecule has 0 saturated carbocycles. The summed E-state index contributed by atoms with van der Waals surface area (Å²) in [7, 11) is -2.15. The van der Waals surface area contributed by atoms with Gasteiger partial charge in [-0.15, -0.1) is 0 Å². The SMILES string of the molecule is COc1ccc(OC(C)C(=O)Nc2ccc(S(=O)(=O)Nc3ccccc3)cc2)cc1. The number of carbonyl (C=O) groups is 1. The lowest BCUT2D eigenvalue weighted by atomic mass is 10.3. The van der Waals surface area contributed by atoms with E-state index in [2.05, 4.69) is 10.0 Å². The third-order valence-electron chi connectivity index (χ3n) is 4.20. The van der Waals surface area contributed by atoms with Crippen molar-refractivity contribution in [2.45, 2.75) is 17.9 Å². The molecule has 0 fully saturated rings. The Balaban J connectivity index is 1.60. The van der Waals surface area contributed by atoms with E-state index in [1.54, 1.807) is 68.6 Å². The number of nitrogens with one attached hydrogen (secondary N) is 2. The van der Waals surface area contributed by atoms with Crippen molar-refractivity contribution in [3.8, 4) is 11.5 Å². The fourth-order valence-corrected chi connectivity index (χ4v) is 3.65. The van der Waals surface area contributed by atoms with Gasteiger partial charge < -0.3 is 14.8 Å². The van der Waals surface area contributed by atoms with Crippen LogP contribution in [0.3, 0.4) is 0 Å². The van der Waals surface area contributed by atoms with Gasteiger partial charge in [0.25, 0.3) is 15.9 Å². The summed E-state index contributed by atoms with van der Waals surface area (Å²) in [6.45, 7) is 1.63. The van der Waals surface area contributed by atoms with E-state index in [4.69, 9.17) is 9.47 Å². The number of amides is 1. The lowest BCUT2D eigenvalue weighted by Gasteiger charge is -2.15. The largest absolute Gasteiger partial charge is 0.497 e. The summed E-state index contributed by atoms with van der Waals surface area (Å²) in [5.41, 5.74) is 0.934. The molecule has 3 rings (SSSR count). The van der Waals surface area contributed by atoms with E-state index in [9.17, 15) is 13.2 Å². The molecule has 8 heteroatoms. The molecule has 0 heterocycles. The molecule has 0 aromatic heterocycles. The lowest BCUT2D eigenvalue weighted by molar-refractivity contribution is -0.122. The molecule has 2 N–H and O–H groups in total. The zero-order valence-electron chi connectivity index (χ0n) is 16.5. The molecule has 30 heavy (non-hydrogen) atoms. The fourth-order valence-electron chi connectivity index (χ4n) is 2.59. The van der Waals surface area contributed by atoms with Crippen LogP contribution in [0, 0.1) is 0 Å². The Morgan fingerprint density at radius 1 is 0.833 bits per heavy atom. The number of sulfonamides is 1. The summed E-state index contributed by atoms with van der Waals surface area (Å²) in [5, 5.41) is 2.71. The van der Waals surface area contributed by atoms with Gasteiger partial charge in [0.2, 0.25) is 0 Å². The number of para-hydroxylation sites is 1. The number of benzene rings is 3. The predicted octanol–water partition coefficient (Wildman–Crippen LogP) is 3.90. The first-order chi connectivity index (χ1) is 14.4. The predicted molar refractivity (Wildman–Crippen MR) is 115 cm³/mol. The Bertz CT molecular complexity index is 1080. The van der Waals surface area contributed by atoms with Crippen molar-refractivity contribution in [2.75, 3.05) is 17.1 Å². The number of rotatable bonds is 8. The minimum Gasteiger partial charge on any atom is -0.497 e. The van der Waals surface area contributed by atoms with Crippen molar-refractivity contribution in [1.82, 2.24) is 0 Å². The first-order valence-corrected chi connectivity index (χ1v) is 10.7. The van der Waals surface area contributed by atoms with Crippen LogP contribution >= 0.6 is 0 Å². The molecule has 156 valence electrons. The van der Waals surface area contributed by atoms with Crippen molar-refractivity contribution < 1.29 is 22.7 Å². The van der Waals surface area contributed by atoms with Gasteiger partial charge in [-0.1, -0.05) is 18.2 Å². The number of anilines is 2. The van der Waals surface area contributed by atoms with Crippen LogP contribution in [0.2, 0.25) is 0 Å². The fraction of sp³-hybridized carbons (Fsp3) is 0.136. The van der Waals surface area contributed by atoms with Gasteiger partial charge in [-0.3, -0.25) is 9.52 Å². The quantitative estimate of drug-likeness (QED) is 0.570. The Morgan fingerprint density at radius 3 is 2.03 bits per heavy atom. The minimum absolute atomic E-state index is 0.0897. The monoisotopic (exact) mass is 426 g/mol. The lowest BCUT2D eigenvalue weighted by Crippen LogP contribution is -2.30. The van der Waals surface area contributed by atoms with Crippen LogP contribution in [-0.4, -0.2) is 27.5 Å². The number of hydrogen-bond acceptors (Lipinski definition) is 5. The van der Waals surface area contributed by atoms with Gasteiger partial charge in [0.05, 0.1) is 12.0 Å². The van der Waals surface area contributed by atoms with E-state index in [0.29, 0.717) is 22.9 Å². The zero-order chi connectivity index (χ0) is 21.6. The molecule has 7 nitrogen and oxygen atoms in total. The van der Waals surface area contributed by atoms with E-state index >= 15 is 0 Å². The third kappa shape index (κ3) is 5.51. The molecule has 1 amide bonds. The van der Waals surface area contributed by atoms with Gasteiger partial charge in [0.1, 0.15) is 11.5 Å². The van der Waals surface area contributed by atoms with Gasteiger partial charge in [-0.05, 0) is 67.6 Å². The van der Waals surface area contributed by atoms with Gasteiger partial charge in [-0.25, -0.2) is 8.42 Å². The minimum atomic E-state index is -3.72. The standard InChI is InChI=1S/C22H22N2O5S/c1-16(29-20-12-10-19(28-2)11-13-20)22(25)23-17-8-14-21(15-9-17)30(26,27)24-18-6-4-3-5-7-18/h3-16,24H,1-2H3,(H,23,25). The molecular formula is C22H22N2O5S. The molecule has 0 aliphatic heterocycles. The number of hydrogen-bond donors (Lipinski definition) is 2. The second-order valence-corrected chi connectivity index (χ2v) is 8.10. The average Bonchev–Trinajstić information content (AvgIpc) is 2.75. The van der Waals surface area contributed by atoms with Crippen LogP contribution in [-0.2, 0) is 14.8 Å². The molecule has 0 bridgehead atoms. The van der Waals surface area contributed by atoms with Crippen LogP contribution in [0.1, 0.15) is 6.92 Å². The topological polar surface area (TPSA) is 93.7 Å². The summed E-state index contributed by atoms with van der Waals surface area (Å²) in [6, 6.07) is 21.4. The second-order valence-electron chi connectivity index (χ2n) is 6.42. The first-order valence-electron chi connectivity index (χ1n) is 9.17. The van der Waals surface area contributed by atoms with Crippen LogP contribution in [0.15, 0.2) is 83.8 Å². The van der Waals surface area contributed by atoms with Crippen molar-refractivity contribution in [2.24, 2.45) is 0 Å². The maximum Gasteiger partial charge on any atom is 0.265 e. The second kappa shape index (κ2) is 9.32. The zero-order valence-corrected chi connectivity index (χ0v) is 17.3. The van der Waals surface area contributed by atoms with E-state index < -0.39 is 16.1 Å². The van der Waals surface area contributed by atoms with Gasteiger partial charge in [0, 0.05) is 11.4 Å². The maximum absolute atomic E-state index is 12.5. The molecule has 1 atom stereocenters. The summed E-state index contributed by atoms with van der Waals surface area (Å²) in [4.78, 5) is 12.5. The molecule has 3 aromatic carbocycles. The summed E-state index contributed by atoms with van der Waals surface area (Å²) < 4.78 is 38.1. The Kier molecular flexibility index (Phi) is 6.58. The maximum atomic E-state index is 12.5. The molecule has 0 saturated heterocycles.